The van der Waals surface area contributed by atoms with E-state index in [-0.39, 0.29) is 12.0 Å². The lowest BCUT2D eigenvalue weighted by Gasteiger charge is -2.22. The summed E-state index contributed by atoms with van der Waals surface area (Å²) in [6.07, 6.45) is 2.99. The number of hydrogen-bond acceptors (Lipinski definition) is 5. The van der Waals surface area contributed by atoms with Gasteiger partial charge in [-0.25, -0.2) is 0 Å². The van der Waals surface area contributed by atoms with Crippen LogP contribution in [0.4, 0.5) is 0 Å². The van der Waals surface area contributed by atoms with Crippen molar-refractivity contribution in [2.45, 2.75) is 12.6 Å². The predicted molar refractivity (Wildman–Crippen MR) is 55.6 cm³/mol. The Bertz CT molecular complexity index is 321. The van der Waals surface area contributed by atoms with E-state index in [0.29, 0.717) is 26.2 Å². The first kappa shape index (κ1) is 11.0. The Morgan fingerprint density at radius 1 is 1.69 bits per heavy atom. The van der Waals surface area contributed by atoms with E-state index in [1.165, 1.54) is 0 Å². The van der Waals surface area contributed by atoms with E-state index in [4.69, 9.17) is 4.74 Å². The Morgan fingerprint density at radius 2 is 2.62 bits per heavy atom. The molecule has 0 saturated carbocycles. The molecular weight excluding hydrogens is 210 g/mol. The van der Waals surface area contributed by atoms with Crippen molar-refractivity contribution in [3.63, 3.8) is 0 Å². The smallest absolute Gasteiger partial charge is 0.250 e. The van der Waals surface area contributed by atoms with Gasteiger partial charge in [-0.1, -0.05) is 5.21 Å². The van der Waals surface area contributed by atoms with Crippen LogP contribution in [0, 0.1) is 0 Å². The minimum absolute atomic E-state index is 0.0766. The van der Waals surface area contributed by atoms with E-state index in [0.717, 1.165) is 6.54 Å². The average molecular weight is 225 g/mol. The number of ether oxygens (including phenoxy) is 1. The van der Waals surface area contributed by atoms with Crippen LogP contribution in [0.3, 0.4) is 0 Å². The van der Waals surface area contributed by atoms with E-state index in [1.54, 1.807) is 17.1 Å². The Hall–Kier alpha value is -1.47. The molecule has 1 saturated heterocycles. The lowest BCUT2D eigenvalue weighted by molar-refractivity contribution is -0.134. The third kappa shape index (κ3) is 3.01. The summed E-state index contributed by atoms with van der Waals surface area (Å²) in [5.74, 6) is -0.0766. The maximum Gasteiger partial charge on any atom is 0.250 e. The van der Waals surface area contributed by atoms with Crippen molar-refractivity contribution in [3.8, 4) is 0 Å². The van der Waals surface area contributed by atoms with Crippen LogP contribution in [0.2, 0.25) is 0 Å². The first-order chi connectivity index (χ1) is 7.86. The molecule has 2 N–H and O–H groups in total. The standard InChI is InChI=1S/C9H15N5O2/c15-9(8-7-10-3-6-16-8)11-1-4-14-5-2-12-13-14/h2,5,8,10H,1,3-4,6-7H2,(H,11,15). The molecule has 1 fully saturated rings. The van der Waals surface area contributed by atoms with E-state index in [2.05, 4.69) is 20.9 Å². The minimum Gasteiger partial charge on any atom is -0.366 e. The van der Waals surface area contributed by atoms with Gasteiger partial charge in [0.15, 0.2) is 0 Å². The highest BCUT2D eigenvalue weighted by Crippen LogP contribution is 1.95. The van der Waals surface area contributed by atoms with E-state index >= 15 is 0 Å². The molecule has 1 atom stereocenters. The summed E-state index contributed by atoms with van der Waals surface area (Å²) in [4.78, 5) is 11.6. The first-order valence-electron chi connectivity index (χ1n) is 5.30. The molecule has 1 aromatic heterocycles. The maximum atomic E-state index is 11.6. The molecule has 1 aliphatic heterocycles. The lowest BCUT2D eigenvalue weighted by Crippen LogP contribution is -2.48. The number of hydrogen-bond donors (Lipinski definition) is 2. The normalized spacial score (nSPS) is 20.6. The zero-order chi connectivity index (χ0) is 11.2. The molecule has 7 nitrogen and oxygen atoms in total. The minimum atomic E-state index is -0.371. The molecule has 1 amide bonds. The van der Waals surface area contributed by atoms with Gasteiger partial charge in [0.05, 0.1) is 19.3 Å². The Kier molecular flexibility index (Phi) is 3.84. The maximum absolute atomic E-state index is 11.6. The van der Waals surface area contributed by atoms with Crippen molar-refractivity contribution in [1.82, 2.24) is 25.6 Å². The van der Waals surface area contributed by atoms with Crippen molar-refractivity contribution in [2.24, 2.45) is 0 Å². The molecule has 0 aliphatic carbocycles. The van der Waals surface area contributed by atoms with Crippen molar-refractivity contribution in [3.05, 3.63) is 12.4 Å². The summed E-state index contributed by atoms with van der Waals surface area (Å²) in [6, 6.07) is 0. The van der Waals surface area contributed by atoms with Gasteiger partial charge in [0.1, 0.15) is 6.10 Å². The van der Waals surface area contributed by atoms with E-state index in [1.807, 2.05) is 0 Å². The van der Waals surface area contributed by atoms with Crippen LogP contribution >= 0.6 is 0 Å². The molecule has 0 bridgehead atoms. The number of morpholine rings is 1. The fraction of sp³-hybridized carbons (Fsp3) is 0.667. The largest absolute Gasteiger partial charge is 0.366 e. The van der Waals surface area contributed by atoms with Gasteiger partial charge in [0.25, 0.3) is 5.91 Å². The molecule has 88 valence electrons. The number of rotatable bonds is 4. The summed E-state index contributed by atoms with van der Waals surface area (Å²) in [6.45, 7) is 3.12. The van der Waals surface area contributed by atoms with Gasteiger partial charge in [0.2, 0.25) is 0 Å². The second kappa shape index (κ2) is 5.57. The van der Waals surface area contributed by atoms with Crippen molar-refractivity contribution in [2.75, 3.05) is 26.2 Å². The summed E-state index contributed by atoms with van der Waals surface area (Å²) in [5.41, 5.74) is 0. The summed E-state index contributed by atoms with van der Waals surface area (Å²) in [7, 11) is 0. The molecule has 2 rings (SSSR count). The number of carbonyl (C=O) groups excluding carboxylic acids is 1. The van der Waals surface area contributed by atoms with Crippen molar-refractivity contribution < 1.29 is 9.53 Å². The van der Waals surface area contributed by atoms with Crippen LogP contribution in [-0.4, -0.2) is 53.2 Å². The highest BCUT2D eigenvalue weighted by molar-refractivity contribution is 5.81. The molecule has 0 radical (unpaired) electrons. The second-order valence-electron chi connectivity index (χ2n) is 3.52. The molecule has 1 unspecified atom stereocenters. The third-order valence-corrected chi connectivity index (χ3v) is 2.33. The number of aromatic nitrogens is 3. The number of nitrogens with one attached hydrogen (secondary N) is 2. The number of nitrogens with zero attached hydrogens (tertiary/aromatic N) is 3. The van der Waals surface area contributed by atoms with Crippen LogP contribution in [0.25, 0.3) is 0 Å². The van der Waals surface area contributed by atoms with Crippen LogP contribution in [0.15, 0.2) is 12.4 Å². The van der Waals surface area contributed by atoms with Gasteiger partial charge in [-0.2, -0.15) is 0 Å². The fourth-order valence-electron chi connectivity index (χ4n) is 1.49. The van der Waals surface area contributed by atoms with Crippen molar-refractivity contribution >= 4 is 5.91 Å². The fourth-order valence-corrected chi connectivity index (χ4v) is 1.49. The summed E-state index contributed by atoms with van der Waals surface area (Å²) < 4.78 is 6.99. The third-order valence-electron chi connectivity index (χ3n) is 2.33. The van der Waals surface area contributed by atoms with Crippen molar-refractivity contribution in [1.29, 1.82) is 0 Å². The highest BCUT2D eigenvalue weighted by Gasteiger charge is 2.20. The highest BCUT2D eigenvalue weighted by atomic mass is 16.5. The molecule has 0 aromatic carbocycles. The molecule has 0 spiro atoms. The average Bonchev–Trinajstić information content (AvgIpc) is 2.83. The predicted octanol–water partition coefficient (Wildman–Crippen LogP) is -1.62. The van der Waals surface area contributed by atoms with Crippen LogP contribution < -0.4 is 10.6 Å². The van der Waals surface area contributed by atoms with Gasteiger partial charge in [0, 0.05) is 25.8 Å². The van der Waals surface area contributed by atoms with Gasteiger partial charge >= 0.3 is 0 Å². The molecule has 1 aromatic rings. The van der Waals surface area contributed by atoms with Gasteiger partial charge < -0.3 is 15.4 Å². The van der Waals surface area contributed by atoms with E-state index < -0.39 is 0 Å². The summed E-state index contributed by atoms with van der Waals surface area (Å²) in [5, 5.41) is 13.4. The van der Waals surface area contributed by atoms with Crippen LogP contribution in [-0.2, 0) is 16.1 Å². The molecular formula is C9H15N5O2. The molecule has 2 heterocycles. The molecule has 7 heteroatoms. The number of amides is 1. The van der Waals surface area contributed by atoms with Gasteiger partial charge in [-0.15, -0.1) is 5.10 Å². The van der Waals surface area contributed by atoms with Crippen LogP contribution in [0.1, 0.15) is 0 Å². The zero-order valence-corrected chi connectivity index (χ0v) is 8.93. The molecule has 16 heavy (non-hydrogen) atoms. The Morgan fingerprint density at radius 3 is 3.31 bits per heavy atom. The van der Waals surface area contributed by atoms with Gasteiger partial charge in [-0.3, -0.25) is 9.48 Å². The van der Waals surface area contributed by atoms with Gasteiger partial charge in [-0.05, 0) is 0 Å². The SMILES string of the molecule is O=C(NCCn1ccnn1)C1CNCCO1. The Balaban J connectivity index is 1.67. The van der Waals surface area contributed by atoms with E-state index in [9.17, 15) is 4.79 Å². The zero-order valence-electron chi connectivity index (χ0n) is 8.93. The molecule has 1 aliphatic rings. The quantitative estimate of drug-likeness (QED) is 0.644. The summed E-state index contributed by atoms with van der Waals surface area (Å²) >= 11 is 0. The number of carbonyl (C=O) groups is 1. The monoisotopic (exact) mass is 225 g/mol. The first-order valence-corrected chi connectivity index (χ1v) is 5.30. The Labute approximate surface area is 93.2 Å². The van der Waals surface area contributed by atoms with Crippen LogP contribution in [0.5, 0.6) is 0 Å². The second-order valence-corrected chi connectivity index (χ2v) is 3.52. The topological polar surface area (TPSA) is 81.1 Å². The lowest BCUT2D eigenvalue weighted by atomic mass is 10.3.